The Labute approximate surface area is 112 Å². The summed E-state index contributed by atoms with van der Waals surface area (Å²) < 4.78 is 37.3. The summed E-state index contributed by atoms with van der Waals surface area (Å²) in [7, 11) is 0. The fourth-order valence-corrected chi connectivity index (χ4v) is 1.49. The van der Waals surface area contributed by atoms with E-state index in [0.717, 1.165) is 12.1 Å². The number of aromatic nitrogens is 2. The first-order valence-electron chi connectivity index (χ1n) is 5.44. The number of alkyl halides is 3. The van der Waals surface area contributed by atoms with Crippen molar-refractivity contribution in [2.45, 2.75) is 6.18 Å². The van der Waals surface area contributed by atoms with Gasteiger partial charge in [-0.05, 0) is 24.3 Å². The van der Waals surface area contributed by atoms with Crippen LogP contribution in [0.1, 0.15) is 5.56 Å². The summed E-state index contributed by atoms with van der Waals surface area (Å²) in [6, 6.07) is 5.98. The smallest absolute Gasteiger partial charge is 0.368 e. The number of nitrogen functional groups attached to an aromatic ring is 2. The van der Waals surface area contributed by atoms with E-state index in [-0.39, 0.29) is 11.8 Å². The summed E-state index contributed by atoms with van der Waals surface area (Å²) in [6.45, 7) is 0. The highest BCUT2D eigenvalue weighted by Gasteiger charge is 2.29. The molecule has 0 spiro atoms. The number of halogens is 3. The Morgan fingerprint density at radius 2 is 1.60 bits per heavy atom. The topological polar surface area (TPSA) is 102 Å². The molecule has 20 heavy (non-hydrogen) atoms. The standard InChI is InChI=1S/C11H11F3N6/c12-11(13,14)6-1-3-7(4-2-6)17-8-5-9(20-16)19-10(15)18-8/h1-5H,16H2,(H4,15,17,18,19,20). The number of rotatable bonds is 3. The van der Waals surface area contributed by atoms with Crippen LogP contribution in [0.3, 0.4) is 0 Å². The maximum atomic E-state index is 12.4. The molecule has 2 aromatic rings. The van der Waals surface area contributed by atoms with E-state index in [4.69, 9.17) is 11.6 Å². The van der Waals surface area contributed by atoms with E-state index < -0.39 is 11.7 Å². The minimum Gasteiger partial charge on any atom is -0.368 e. The fourth-order valence-electron chi connectivity index (χ4n) is 1.49. The van der Waals surface area contributed by atoms with Gasteiger partial charge in [-0.3, -0.25) is 0 Å². The number of benzene rings is 1. The Balaban J connectivity index is 2.20. The highest BCUT2D eigenvalue weighted by Crippen LogP contribution is 2.30. The molecule has 0 saturated carbocycles. The molecule has 0 unspecified atom stereocenters. The molecule has 106 valence electrons. The van der Waals surface area contributed by atoms with E-state index in [1.54, 1.807) is 0 Å². The average molecular weight is 284 g/mol. The van der Waals surface area contributed by atoms with Gasteiger partial charge in [0.05, 0.1) is 5.56 Å². The van der Waals surface area contributed by atoms with Crippen molar-refractivity contribution in [2.75, 3.05) is 16.5 Å². The van der Waals surface area contributed by atoms with Crippen molar-refractivity contribution < 1.29 is 13.2 Å². The van der Waals surface area contributed by atoms with Crippen LogP contribution < -0.4 is 22.3 Å². The van der Waals surface area contributed by atoms with Crippen molar-refractivity contribution in [2.24, 2.45) is 5.84 Å². The highest BCUT2D eigenvalue weighted by molar-refractivity contribution is 5.60. The predicted octanol–water partition coefficient (Wildman–Crippen LogP) is 2.11. The van der Waals surface area contributed by atoms with E-state index in [0.29, 0.717) is 11.5 Å². The minimum absolute atomic E-state index is 0.0186. The second kappa shape index (κ2) is 5.21. The molecule has 1 aromatic heterocycles. The molecule has 6 nitrogen and oxygen atoms in total. The van der Waals surface area contributed by atoms with E-state index in [1.165, 1.54) is 18.2 Å². The lowest BCUT2D eigenvalue weighted by molar-refractivity contribution is -0.137. The second-order valence-corrected chi connectivity index (χ2v) is 3.84. The second-order valence-electron chi connectivity index (χ2n) is 3.84. The molecule has 6 N–H and O–H groups in total. The van der Waals surface area contributed by atoms with Crippen molar-refractivity contribution in [1.82, 2.24) is 9.97 Å². The molecule has 0 aliphatic carbocycles. The fraction of sp³-hybridized carbons (Fsp3) is 0.0909. The third-order valence-electron chi connectivity index (χ3n) is 2.38. The molecular weight excluding hydrogens is 273 g/mol. The third kappa shape index (κ3) is 3.26. The van der Waals surface area contributed by atoms with Crippen LogP contribution in [0.25, 0.3) is 0 Å². The summed E-state index contributed by atoms with van der Waals surface area (Å²) in [4.78, 5) is 7.67. The number of nitrogens with two attached hydrogens (primary N) is 2. The van der Waals surface area contributed by atoms with Crippen LogP contribution >= 0.6 is 0 Å². The molecule has 2 rings (SSSR count). The normalized spacial score (nSPS) is 11.2. The maximum absolute atomic E-state index is 12.4. The Kier molecular flexibility index (Phi) is 3.61. The zero-order valence-corrected chi connectivity index (χ0v) is 10.1. The van der Waals surface area contributed by atoms with E-state index in [2.05, 4.69) is 20.7 Å². The molecule has 0 amide bonds. The van der Waals surface area contributed by atoms with Crippen LogP contribution in [0.4, 0.5) is 36.4 Å². The summed E-state index contributed by atoms with van der Waals surface area (Å²) in [5, 5.41) is 2.80. The Morgan fingerprint density at radius 3 is 2.15 bits per heavy atom. The number of anilines is 4. The van der Waals surface area contributed by atoms with Gasteiger partial charge in [0.15, 0.2) is 0 Å². The van der Waals surface area contributed by atoms with E-state index in [1.807, 2.05) is 0 Å². The average Bonchev–Trinajstić information content (AvgIpc) is 2.37. The largest absolute Gasteiger partial charge is 0.416 e. The first-order chi connectivity index (χ1) is 9.38. The zero-order valence-electron chi connectivity index (χ0n) is 10.1. The zero-order chi connectivity index (χ0) is 14.8. The van der Waals surface area contributed by atoms with Crippen LogP contribution in [0, 0.1) is 0 Å². The van der Waals surface area contributed by atoms with E-state index in [9.17, 15) is 13.2 Å². The van der Waals surface area contributed by atoms with Gasteiger partial charge in [-0.15, -0.1) is 0 Å². The predicted molar refractivity (Wildman–Crippen MR) is 69.0 cm³/mol. The quantitative estimate of drug-likeness (QED) is 0.508. The van der Waals surface area contributed by atoms with Crippen molar-refractivity contribution in [3.05, 3.63) is 35.9 Å². The van der Waals surface area contributed by atoms with Gasteiger partial charge in [-0.25, -0.2) is 5.84 Å². The summed E-state index contributed by atoms with van der Waals surface area (Å²) >= 11 is 0. The minimum atomic E-state index is -4.37. The summed E-state index contributed by atoms with van der Waals surface area (Å²) in [5.74, 6) is 5.78. The summed E-state index contributed by atoms with van der Waals surface area (Å²) in [6.07, 6.45) is -4.37. The number of hydrazine groups is 1. The van der Waals surface area contributed by atoms with Crippen LogP contribution in [-0.2, 0) is 6.18 Å². The van der Waals surface area contributed by atoms with Gasteiger partial charge < -0.3 is 16.5 Å². The lowest BCUT2D eigenvalue weighted by Gasteiger charge is -2.10. The Hall–Kier alpha value is -2.55. The lowest BCUT2D eigenvalue weighted by Crippen LogP contribution is -2.11. The van der Waals surface area contributed by atoms with Crippen LogP contribution in [-0.4, -0.2) is 9.97 Å². The molecule has 1 aromatic carbocycles. The van der Waals surface area contributed by atoms with Crippen molar-refractivity contribution >= 4 is 23.3 Å². The molecule has 0 aliphatic rings. The molecule has 1 heterocycles. The lowest BCUT2D eigenvalue weighted by atomic mass is 10.2. The molecular formula is C11H11F3N6. The first kappa shape index (κ1) is 13.9. The number of nitrogens with one attached hydrogen (secondary N) is 2. The monoisotopic (exact) mass is 284 g/mol. The molecule has 0 bridgehead atoms. The third-order valence-corrected chi connectivity index (χ3v) is 2.38. The van der Waals surface area contributed by atoms with Gasteiger partial charge in [0.25, 0.3) is 0 Å². The van der Waals surface area contributed by atoms with Gasteiger partial charge in [0.1, 0.15) is 11.6 Å². The highest BCUT2D eigenvalue weighted by atomic mass is 19.4. The molecule has 0 saturated heterocycles. The number of nitrogens with zero attached hydrogens (tertiary/aromatic N) is 2. The Bertz CT molecular complexity index is 596. The molecule has 0 aliphatic heterocycles. The number of hydrogen-bond acceptors (Lipinski definition) is 6. The van der Waals surface area contributed by atoms with Crippen LogP contribution in [0.15, 0.2) is 30.3 Å². The van der Waals surface area contributed by atoms with Gasteiger partial charge in [0.2, 0.25) is 5.95 Å². The molecule has 0 atom stereocenters. The SMILES string of the molecule is NNc1cc(Nc2ccc(C(F)(F)F)cc2)nc(N)n1. The van der Waals surface area contributed by atoms with Crippen LogP contribution in [0.2, 0.25) is 0 Å². The maximum Gasteiger partial charge on any atom is 0.416 e. The van der Waals surface area contributed by atoms with Crippen molar-refractivity contribution in [1.29, 1.82) is 0 Å². The van der Waals surface area contributed by atoms with Gasteiger partial charge in [0, 0.05) is 11.8 Å². The molecule has 0 fully saturated rings. The molecule has 9 heteroatoms. The van der Waals surface area contributed by atoms with Crippen LogP contribution in [0.5, 0.6) is 0 Å². The number of hydrogen-bond donors (Lipinski definition) is 4. The van der Waals surface area contributed by atoms with Gasteiger partial charge >= 0.3 is 6.18 Å². The summed E-state index contributed by atoms with van der Waals surface area (Å²) in [5.41, 5.74) is 7.47. The van der Waals surface area contributed by atoms with Gasteiger partial charge in [-0.2, -0.15) is 23.1 Å². The van der Waals surface area contributed by atoms with Crippen molar-refractivity contribution in [3.63, 3.8) is 0 Å². The molecule has 0 radical (unpaired) electrons. The van der Waals surface area contributed by atoms with Gasteiger partial charge in [-0.1, -0.05) is 0 Å². The first-order valence-corrected chi connectivity index (χ1v) is 5.44. The Morgan fingerprint density at radius 1 is 1.00 bits per heavy atom. The van der Waals surface area contributed by atoms with Crippen molar-refractivity contribution in [3.8, 4) is 0 Å². The van der Waals surface area contributed by atoms with E-state index >= 15 is 0 Å².